The number of nitrogens with zero attached hydrogens (tertiary/aromatic N) is 4. The number of carbonyl (C=O) groups excluding carboxylic acids is 1. The van der Waals surface area contributed by atoms with Crippen LogP contribution in [0.5, 0.6) is 0 Å². The molecule has 0 radical (unpaired) electrons. The van der Waals surface area contributed by atoms with Gasteiger partial charge in [-0.3, -0.25) is 0 Å². The average molecular weight is 358 g/mol. The molecule has 6 heteroatoms. The number of rotatable bonds is 8. The lowest BCUT2D eigenvalue weighted by Crippen LogP contribution is -2.42. The van der Waals surface area contributed by atoms with Gasteiger partial charge in [-0.05, 0) is 43.9 Å². The van der Waals surface area contributed by atoms with Crippen LogP contribution in [0, 0.1) is 5.92 Å². The van der Waals surface area contributed by atoms with Crippen LogP contribution < -0.4 is 5.32 Å². The van der Waals surface area contributed by atoms with Gasteiger partial charge in [0.25, 0.3) is 0 Å². The number of nitrogens with one attached hydrogen (secondary N) is 1. The van der Waals surface area contributed by atoms with Gasteiger partial charge in [0.1, 0.15) is 12.7 Å². The van der Waals surface area contributed by atoms with Crippen molar-refractivity contribution in [3.8, 4) is 5.69 Å². The standard InChI is InChI=1S/C20H31N5O/c1-15(2)7-6-8-16(3)23-20(26)24(5)17(4)18-9-11-19(12-10-18)25-14-21-13-22-25/h9-17H,6-8H2,1-5H3,(H,23,26). The molecule has 2 amide bonds. The molecule has 1 aromatic carbocycles. The second-order valence-corrected chi connectivity index (χ2v) is 7.39. The molecule has 2 atom stereocenters. The summed E-state index contributed by atoms with van der Waals surface area (Å²) in [5, 5.41) is 7.23. The Kier molecular flexibility index (Phi) is 7.18. The molecule has 1 N–H and O–H groups in total. The van der Waals surface area contributed by atoms with Crippen molar-refractivity contribution in [2.75, 3.05) is 7.05 Å². The largest absolute Gasteiger partial charge is 0.336 e. The Morgan fingerprint density at radius 3 is 2.42 bits per heavy atom. The quantitative estimate of drug-likeness (QED) is 0.771. The van der Waals surface area contributed by atoms with E-state index in [4.69, 9.17) is 0 Å². The van der Waals surface area contributed by atoms with Crippen molar-refractivity contribution in [3.63, 3.8) is 0 Å². The highest BCUT2D eigenvalue weighted by Gasteiger charge is 2.19. The summed E-state index contributed by atoms with van der Waals surface area (Å²) in [5.41, 5.74) is 2.03. The van der Waals surface area contributed by atoms with Crippen molar-refractivity contribution in [2.24, 2.45) is 5.92 Å². The molecule has 0 bridgehead atoms. The van der Waals surface area contributed by atoms with Crippen molar-refractivity contribution >= 4 is 6.03 Å². The number of amides is 2. The molecule has 2 unspecified atom stereocenters. The van der Waals surface area contributed by atoms with E-state index in [1.165, 1.54) is 12.7 Å². The zero-order valence-corrected chi connectivity index (χ0v) is 16.5. The molecule has 6 nitrogen and oxygen atoms in total. The minimum Gasteiger partial charge on any atom is -0.336 e. The topological polar surface area (TPSA) is 63.1 Å². The van der Waals surface area contributed by atoms with Crippen molar-refractivity contribution in [3.05, 3.63) is 42.5 Å². The van der Waals surface area contributed by atoms with E-state index in [-0.39, 0.29) is 18.1 Å². The van der Waals surface area contributed by atoms with E-state index in [0.717, 1.165) is 24.1 Å². The highest BCUT2D eigenvalue weighted by atomic mass is 16.2. The molecule has 1 heterocycles. The summed E-state index contributed by atoms with van der Waals surface area (Å²) in [6, 6.07) is 8.17. The van der Waals surface area contributed by atoms with Crippen LogP contribution >= 0.6 is 0 Å². The van der Waals surface area contributed by atoms with Gasteiger partial charge in [-0.2, -0.15) is 5.10 Å². The molecule has 1 aromatic heterocycles. The van der Waals surface area contributed by atoms with Gasteiger partial charge in [0.05, 0.1) is 11.7 Å². The maximum absolute atomic E-state index is 12.5. The monoisotopic (exact) mass is 357 g/mol. The molecule has 0 saturated carbocycles. The molecule has 2 aromatic rings. The zero-order valence-electron chi connectivity index (χ0n) is 16.5. The number of benzene rings is 1. The van der Waals surface area contributed by atoms with Crippen LogP contribution in [0.15, 0.2) is 36.9 Å². The lowest BCUT2D eigenvalue weighted by atomic mass is 10.0. The third-order valence-electron chi connectivity index (χ3n) is 4.75. The molecule has 0 aliphatic rings. The first-order valence-corrected chi connectivity index (χ1v) is 9.36. The lowest BCUT2D eigenvalue weighted by Gasteiger charge is -2.27. The SMILES string of the molecule is CC(C)CCCC(C)NC(=O)N(C)C(C)c1ccc(-n2cncn2)cc1. The van der Waals surface area contributed by atoms with Gasteiger partial charge in [0.2, 0.25) is 0 Å². The molecule has 0 aliphatic heterocycles. The van der Waals surface area contributed by atoms with Crippen LogP contribution in [0.1, 0.15) is 58.6 Å². The van der Waals surface area contributed by atoms with Crippen molar-refractivity contribution < 1.29 is 4.79 Å². The van der Waals surface area contributed by atoms with E-state index < -0.39 is 0 Å². The third-order valence-corrected chi connectivity index (χ3v) is 4.75. The van der Waals surface area contributed by atoms with E-state index in [1.54, 1.807) is 15.9 Å². The normalized spacial score (nSPS) is 13.5. The predicted molar refractivity (Wildman–Crippen MR) is 104 cm³/mol. The summed E-state index contributed by atoms with van der Waals surface area (Å²) in [4.78, 5) is 18.2. The van der Waals surface area contributed by atoms with E-state index >= 15 is 0 Å². The van der Waals surface area contributed by atoms with Crippen LogP contribution in [-0.2, 0) is 0 Å². The average Bonchev–Trinajstić information content (AvgIpc) is 3.14. The zero-order chi connectivity index (χ0) is 19.1. The first-order chi connectivity index (χ1) is 12.4. The number of aromatic nitrogens is 3. The fourth-order valence-electron chi connectivity index (χ4n) is 2.86. The Morgan fingerprint density at radius 1 is 1.15 bits per heavy atom. The minimum atomic E-state index is -0.0325. The van der Waals surface area contributed by atoms with Gasteiger partial charge in [-0.25, -0.2) is 14.5 Å². The Hall–Kier alpha value is -2.37. The van der Waals surface area contributed by atoms with E-state index in [2.05, 4.69) is 36.2 Å². The highest BCUT2D eigenvalue weighted by Crippen LogP contribution is 2.20. The van der Waals surface area contributed by atoms with E-state index in [1.807, 2.05) is 38.2 Å². The summed E-state index contributed by atoms with van der Waals surface area (Å²) in [7, 11) is 1.84. The van der Waals surface area contributed by atoms with Crippen LogP contribution in [0.3, 0.4) is 0 Å². The number of urea groups is 1. The van der Waals surface area contributed by atoms with E-state index in [9.17, 15) is 4.79 Å². The number of hydrogen-bond acceptors (Lipinski definition) is 3. The smallest absolute Gasteiger partial charge is 0.317 e. The Balaban J connectivity index is 1.89. The Morgan fingerprint density at radius 2 is 1.85 bits per heavy atom. The summed E-state index contributed by atoms with van der Waals surface area (Å²) in [6.07, 6.45) is 6.53. The second-order valence-electron chi connectivity index (χ2n) is 7.39. The summed E-state index contributed by atoms with van der Waals surface area (Å²) < 4.78 is 1.71. The first-order valence-electron chi connectivity index (χ1n) is 9.36. The molecule has 0 spiro atoms. The summed E-state index contributed by atoms with van der Waals surface area (Å²) in [5.74, 6) is 0.709. The van der Waals surface area contributed by atoms with Crippen molar-refractivity contribution in [1.82, 2.24) is 25.0 Å². The maximum Gasteiger partial charge on any atom is 0.317 e. The van der Waals surface area contributed by atoms with Crippen molar-refractivity contribution in [1.29, 1.82) is 0 Å². The summed E-state index contributed by atoms with van der Waals surface area (Å²) >= 11 is 0. The number of carbonyl (C=O) groups is 1. The molecule has 2 rings (SSSR count). The fraction of sp³-hybridized carbons (Fsp3) is 0.550. The Bertz CT molecular complexity index is 666. The molecule has 0 saturated heterocycles. The van der Waals surface area contributed by atoms with Gasteiger partial charge in [0, 0.05) is 13.1 Å². The highest BCUT2D eigenvalue weighted by molar-refractivity contribution is 5.74. The predicted octanol–water partition coefficient (Wildman–Crippen LogP) is 4.18. The van der Waals surface area contributed by atoms with Gasteiger partial charge in [-0.1, -0.05) is 38.8 Å². The van der Waals surface area contributed by atoms with E-state index in [0.29, 0.717) is 5.92 Å². The summed E-state index contributed by atoms with van der Waals surface area (Å²) in [6.45, 7) is 8.57. The molecule has 0 fully saturated rings. The van der Waals surface area contributed by atoms with Crippen molar-refractivity contribution in [2.45, 2.75) is 59.0 Å². The van der Waals surface area contributed by atoms with Gasteiger partial charge < -0.3 is 10.2 Å². The molecule has 26 heavy (non-hydrogen) atoms. The van der Waals surface area contributed by atoms with Gasteiger partial charge in [-0.15, -0.1) is 0 Å². The second kappa shape index (κ2) is 9.36. The third kappa shape index (κ3) is 5.58. The molecule has 142 valence electrons. The minimum absolute atomic E-state index is 0.0114. The number of hydrogen-bond donors (Lipinski definition) is 1. The van der Waals surface area contributed by atoms with Gasteiger partial charge in [0.15, 0.2) is 0 Å². The lowest BCUT2D eigenvalue weighted by molar-refractivity contribution is 0.190. The van der Waals surface area contributed by atoms with Crippen LogP contribution in [0.4, 0.5) is 4.79 Å². The maximum atomic E-state index is 12.5. The molecular formula is C20H31N5O. The van der Waals surface area contributed by atoms with Crippen LogP contribution in [0.2, 0.25) is 0 Å². The van der Waals surface area contributed by atoms with Crippen LogP contribution in [-0.4, -0.2) is 38.8 Å². The molecular weight excluding hydrogens is 326 g/mol. The van der Waals surface area contributed by atoms with Crippen LogP contribution in [0.25, 0.3) is 5.69 Å². The molecule has 0 aliphatic carbocycles. The first kappa shape index (κ1) is 19.9. The Labute approximate surface area is 156 Å². The van der Waals surface area contributed by atoms with Gasteiger partial charge >= 0.3 is 6.03 Å². The fourth-order valence-corrected chi connectivity index (χ4v) is 2.86.